The number of hydrogen-bond donors (Lipinski definition) is 2. The van der Waals surface area contributed by atoms with Crippen molar-refractivity contribution in [3.05, 3.63) is 64.7 Å². The van der Waals surface area contributed by atoms with E-state index in [9.17, 15) is 9.90 Å². The average molecular weight is 348 g/mol. The lowest BCUT2D eigenvalue weighted by atomic mass is 10.00. The van der Waals surface area contributed by atoms with Gasteiger partial charge >= 0.3 is 0 Å². The molecule has 0 fully saturated rings. The molecular formula is C19H22ClNO3. The molecule has 0 aliphatic rings. The molecule has 2 N–H and O–H groups in total. The van der Waals surface area contributed by atoms with Crippen molar-refractivity contribution in [1.29, 1.82) is 0 Å². The number of nitrogens with one attached hydrogen (secondary N) is 1. The number of para-hydroxylation sites is 1. The molecule has 2 aromatic rings. The molecule has 1 amide bonds. The van der Waals surface area contributed by atoms with Crippen molar-refractivity contribution in [3.8, 4) is 5.75 Å². The normalized spacial score (nSPS) is 13.2. The Balaban J connectivity index is 1.87. The van der Waals surface area contributed by atoms with Crippen molar-refractivity contribution in [2.45, 2.75) is 25.4 Å². The number of rotatable bonds is 7. The van der Waals surface area contributed by atoms with Gasteiger partial charge in [-0.25, -0.2) is 0 Å². The first-order valence-corrected chi connectivity index (χ1v) is 8.22. The summed E-state index contributed by atoms with van der Waals surface area (Å²) in [6.45, 7) is 2.50. The lowest BCUT2D eigenvalue weighted by Crippen LogP contribution is -2.28. The highest BCUT2D eigenvalue weighted by molar-refractivity contribution is 6.30. The molecule has 128 valence electrons. The third-order valence-electron chi connectivity index (χ3n) is 3.91. The second kappa shape index (κ2) is 8.71. The molecule has 2 rings (SSSR count). The van der Waals surface area contributed by atoms with Crippen molar-refractivity contribution < 1.29 is 14.6 Å². The van der Waals surface area contributed by atoms with Gasteiger partial charge in [0.25, 0.3) is 0 Å². The van der Waals surface area contributed by atoms with Crippen LogP contribution in [0.3, 0.4) is 0 Å². The Hall–Kier alpha value is -2.04. The minimum absolute atomic E-state index is 0.0142. The maximum Gasteiger partial charge on any atom is 0.222 e. The fourth-order valence-corrected chi connectivity index (χ4v) is 2.63. The van der Waals surface area contributed by atoms with Gasteiger partial charge in [0.1, 0.15) is 5.75 Å². The third kappa shape index (κ3) is 4.98. The van der Waals surface area contributed by atoms with Crippen LogP contribution in [0.5, 0.6) is 5.75 Å². The Morgan fingerprint density at radius 3 is 2.54 bits per heavy atom. The molecule has 0 aliphatic heterocycles. The van der Waals surface area contributed by atoms with Gasteiger partial charge in [0.05, 0.1) is 19.6 Å². The average Bonchev–Trinajstić information content (AvgIpc) is 2.60. The van der Waals surface area contributed by atoms with Gasteiger partial charge in [0.2, 0.25) is 5.91 Å². The smallest absolute Gasteiger partial charge is 0.222 e. The summed E-state index contributed by atoms with van der Waals surface area (Å²) in [6, 6.07) is 14.6. The van der Waals surface area contributed by atoms with Crippen LogP contribution in [-0.4, -0.2) is 24.7 Å². The van der Waals surface area contributed by atoms with E-state index in [2.05, 4.69) is 5.32 Å². The molecule has 24 heavy (non-hydrogen) atoms. The van der Waals surface area contributed by atoms with E-state index in [0.29, 0.717) is 17.1 Å². The first-order valence-electron chi connectivity index (χ1n) is 7.84. The van der Waals surface area contributed by atoms with Crippen molar-refractivity contribution in [2.24, 2.45) is 0 Å². The highest BCUT2D eigenvalue weighted by Gasteiger charge is 2.15. The molecule has 0 radical (unpaired) electrons. The standard InChI is InChI=1S/C19H22ClNO3/c1-13(16-5-3-4-6-18(16)24-2)12-21-19(23)11-17(22)14-7-9-15(20)10-8-14/h3-10,13,17,22H,11-12H2,1-2H3,(H,21,23). The van der Waals surface area contributed by atoms with Crippen LogP contribution >= 0.6 is 11.6 Å². The summed E-state index contributed by atoms with van der Waals surface area (Å²) < 4.78 is 5.34. The Labute approximate surface area is 147 Å². The topological polar surface area (TPSA) is 58.6 Å². The molecule has 2 atom stereocenters. The van der Waals surface area contributed by atoms with E-state index in [0.717, 1.165) is 11.3 Å². The maximum atomic E-state index is 12.1. The van der Waals surface area contributed by atoms with Crippen LogP contribution in [0.1, 0.15) is 36.5 Å². The second-order valence-corrected chi connectivity index (χ2v) is 6.15. The van der Waals surface area contributed by atoms with Gasteiger partial charge in [-0.1, -0.05) is 48.9 Å². The van der Waals surface area contributed by atoms with E-state index in [1.807, 2.05) is 31.2 Å². The number of carbonyl (C=O) groups is 1. The molecule has 2 unspecified atom stereocenters. The van der Waals surface area contributed by atoms with Gasteiger partial charge in [-0.05, 0) is 29.3 Å². The van der Waals surface area contributed by atoms with Crippen molar-refractivity contribution in [2.75, 3.05) is 13.7 Å². The number of hydrogen-bond acceptors (Lipinski definition) is 3. The predicted octanol–water partition coefficient (Wildman–Crippen LogP) is 3.69. The van der Waals surface area contributed by atoms with Crippen LogP contribution in [0.2, 0.25) is 5.02 Å². The summed E-state index contributed by atoms with van der Waals surface area (Å²) in [5.41, 5.74) is 1.71. The van der Waals surface area contributed by atoms with Crippen LogP contribution in [0, 0.1) is 0 Å². The van der Waals surface area contributed by atoms with E-state index in [-0.39, 0.29) is 18.2 Å². The summed E-state index contributed by atoms with van der Waals surface area (Å²) >= 11 is 5.82. The Morgan fingerprint density at radius 2 is 1.88 bits per heavy atom. The molecule has 0 saturated heterocycles. The number of methoxy groups -OCH3 is 1. The number of amides is 1. The van der Waals surface area contributed by atoms with Gasteiger partial charge < -0.3 is 15.2 Å². The predicted molar refractivity (Wildman–Crippen MR) is 95.4 cm³/mol. The van der Waals surface area contributed by atoms with Gasteiger partial charge in [0.15, 0.2) is 0 Å². The highest BCUT2D eigenvalue weighted by atomic mass is 35.5. The summed E-state index contributed by atoms with van der Waals surface area (Å²) in [4.78, 5) is 12.1. The molecule has 0 bridgehead atoms. The van der Waals surface area contributed by atoms with Crippen molar-refractivity contribution in [1.82, 2.24) is 5.32 Å². The van der Waals surface area contributed by atoms with E-state index in [1.54, 1.807) is 31.4 Å². The zero-order valence-electron chi connectivity index (χ0n) is 13.8. The van der Waals surface area contributed by atoms with Gasteiger partial charge in [0, 0.05) is 17.5 Å². The molecule has 0 spiro atoms. The Morgan fingerprint density at radius 1 is 1.21 bits per heavy atom. The lowest BCUT2D eigenvalue weighted by molar-refractivity contribution is -0.123. The van der Waals surface area contributed by atoms with Crippen LogP contribution in [0.4, 0.5) is 0 Å². The summed E-state index contributed by atoms with van der Waals surface area (Å²) in [5, 5.41) is 13.6. The lowest BCUT2D eigenvalue weighted by Gasteiger charge is -2.17. The molecule has 2 aromatic carbocycles. The number of benzene rings is 2. The van der Waals surface area contributed by atoms with Gasteiger partial charge in [-0.15, -0.1) is 0 Å². The van der Waals surface area contributed by atoms with Crippen LogP contribution in [0.25, 0.3) is 0 Å². The summed E-state index contributed by atoms with van der Waals surface area (Å²) in [6.07, 6.45) is -0.830. The first kappa shape index (κ1) is 18.3. The molecule has 0 saturated carbocycles. The Bertz CT molecular complexity index is 673. The number of ether oxygens (including phenoxy) is 1. The molecule has 0 heterocycles. The molecular weight excluding hydrogens is 326 g/mol. The molecule has 0 aromatic heterocycles. The fourth-order valence-electron chi connectivity index (χ4n) is 2.50. The van der Waals surface area contributed by atoms with Gasteiger partial charge in [-0.3, -0.25) is 4.79 Å². The van der Waals surface area contributed by atoms with E-state index in [1.165, 1.54) is 0 Å². The van der Waals surface area contributed by atoms with Crippen LogP contribution in [0.15, 0.2) is 48.5 Å². The fraction of sp³-hybridized carbons (Fsp3) is 0.316. The van der Waals surface area contributed by atoms with E-state index >= 15 is 0 Å². The quantitative estimate of drug-likeness (QED) is 0.803. The van der Waals surface area contributed by atoms with Crippen LogP contribution < -0.4 is 10.1 Å². The van der Waals surface area contributed by atoms with Crippen LogP contribution in [-0.2, 0) is 4.79 Å². The summed E-state index contributed by atoms with van der Waals surface area (Å²) in [5.74, 6) is 0.720. The SMILES string of the molecule is COc1ccccc1C(C)CNC(=O)CC(O)c1ccc(Cl)cc1. The Kier molecular flexibility index (Phi) is 6.64. The number of carbonyl (C=O) groups excluding carboxylic acids is 1. The highest BCUT2D eigenvalue weighted by Crippen LogP contribution is 2.25. The first-order chi connectivity index (χ1) is 11.5. The zero-order valence-corrected chi connectivity index (χ0v) is 14.6. The van der Waals surface area contributed by atoms with Gasteiger partial charge in [-0.2, -0.15) is 0 Å². The van der Waals surface area contributed by atoms with E-state index < -0.39 is 6.10 Å². The zero-order chi connectivity index (χ0) is 17.5. The number of aliphatic hydroxyl groups is 1. The third-order valence-corrected chi connectivity index (χ3v) is 4.16. The summed E-state index contributed by atoms with van der Waals surface area (Å²) in [7, 11) is 1.63. The minimum atomic E-state index is -0.844. The largest absolute Gasteiger partial charge is 0.496 e. The monoisotopic (exact) mass is 347 g/mol. The van der Waals surface area contributed by atoms with Crippen molar-refractivity contribution >= 4 is 17.5 Å². The maximum absolute atomic E-state index is 12.1. The second-order valence-electron chi connectivity index (χ2n) is 5.72. The number of halogens is 1. The number of aliphatic hydroxyl groups excluding tert-OH is 1. The minimum Gasteiger partial charge on any atom is -0.496 e. The van der Waals surface area contributed by atoms with E-state index in [4.69, 9.17) is 16.3 Å². The van der Waals surface area contributed by atoms with Crippen molar-refractivity contribution in [3.63, 3.8) is 0 Å². The molecule has 5 heteroatoms. The molecule has 4 nitrogen and oxygen atoms in total. The molecule has 0 aliphatic carbocycles.